The Labute approximate surface area is 123 Å². The minimum atomic E-state index is -0.684. The molecule has 0 heterocycles. The lowest BCUT2D eigenvalue weighted by molar-refractivity contribution is -0.118. The molecule has 1 atom stereocenters. The van der Waals surface area contributed by atoms with Crippen molar-refractivity contribution in [2.24, 2.45) is 0 Å². The number of hydrogen-bond acceptors (Lipinski definition) is 3. The van der Waals surface area contributed by atoms with Crippen molar-refractivity contribution in [2.75, 3.05) is 6.26 Å². The molecule has 100 valence electrons. The fraction of sp³-hybridized carbons (Fsp3) is 0.176. The van der Waals surface area contributed by atoms with Gasteiger partial charge >= 0.3 is 0 Å². The molecule has 0 spiro atoms. The lowest BCUT2D eigenvalue weighted by Gasteiger charge is -2.08. The monoisotopic (exact) mass is 281 g/mol. The normalized spacial score (nSPS) is 11.6. The summed E-state index contributed by atoms with van der Waals surface area (Å²) in [6.07, 6.45) is 2.31. The first-order valence-electron chi connectivity index (χ1n) is 6.35. The minimum Gasteiger partial charge on any atom is -0.297 e. The van der Waals surface area contributed by atoms with Gasteiger partial charge in [-0.15, -0.1) is 11.8 Å². The SMILES string of the molecule is CSc1ccc(CC(=O)C(C#N)c2ccccc2)cc1. The van der Waals surface area contributed by atoms with Gasteiger partial charge in [0, 0.05) is 11.3 Å². The molecule has 2 nitrogen and oxygen atoms in total. The molecule has 0 saturated heterocycles. The van der Waals surface area contributed by atoms with Crippen molar-refractivity contribution in [1.29, 1.82) is 5.26 Å². The molecule has 0 aromatic heterocycles. The average Bonchev–Trinajstić information content (AvgIpc) is 2.50. The van der Waals surface area contributed by atoms with E-state index in [1.54, 1.807) is 11.8 Å². The first-order chi connectivity index (χ1) is 9.74. The number of benzene rings is 2. The second-order valence-corrected chi connectivity index (χ2v) is 5.34. The van der Waals surface area contributed by atoms with Gasteiger partial charge in [-0.2, -0.15) is 5.26 Å². The highest BCUT2D eigenvalue weighted by atomic mass is 32.2. The molecule has 3 heteroatoms. The van der Waals surface area contributed by atoms with Crippen LogP contribution in [0.3, 0.4) is 0 Å². The lowest BCUT2D eigenvalue weighted by Crippen LogP contribution is -2.13. The molecule has 1 unspecified atom stereocenters. The number of rotatable bonds is 5. The predicted molar refractivity (Wildman–Crippen MR) is 81.7 cm³/mol. The molecule has 0 aliphatic carbocycles. The Morgan fingerprint density at radius 1 is 1.15 bits per heavy atom. The van der Waals surface area contributed by atoms with Crippen LogP contribution in [-0.2, 0) is 11.2 Å². The van der Waals surface area contributed by atoms with Crippen molar-refractivity contribution in [1.82, 2.24) is 0 Å². The Hall–Kier alpha value is -2.05. The van der Waals surface area contributed by atoms with Crippen molar-refractivity contribution in [3.8, 4) is 6.07 Å². The van der Waals surface area contributed by atoms with Gasteiger partial charge in [0.15, 0.2) is 5.78 Å². The molecule has 2 aromatic carbocycles. The molecule has 0 aliphatic rings. The van der Waals surface area contributed by atoms with E-state index < -0.39 is 5.92 Å². The van der Waals surface area contributed by atoms with E-state index in [-0.39, 0.29) is 5.78 Å². The largest absolute Gasteiger partial charge is 0.297 e. The van der Waals surface area contributed by atoms with E-state index >= 15 is 0 Å². The Morgan fingerprint density at radius 3 is 2.35 bits per heavy atom. The summed E-state index contributed by atoms with van der Waals surface area (Å²) in [5.41, 5.74) is 1.71. The van der Waals surface area contributed by atoms with E-state index in [9.17, 15) is 10.1 Å². The smallest absolute Gasteiger partial charge is 0.158 e. The van der Waals surface area contributed by atoms with Crippen molar-refractivity contribution in [3.63, 3.8) is 0 Å². The minimum absolute atomic E-state index is 0.0596. The van der Waals surface area contributed by atoms with Crippen molar-refractivity contribution >= 4 is 17.5 Å². The van der Waals surface area contributed by atoms with E-state index in [4.69, 9.17) is 0 Å². The quantitative estimate of drug-likeness (QED) is 0.782. The van der Waals surface area contributed by atoms with Gasteiger partial charge < -0.3 is 0 Å². The van der Waals surface area contributed by atoms with Crippen molar-refractivity contribution in [2.45, 2.75) is 17.2 Å². The first-order valence-corrected chi connectivity index (χ1v) is 7.57. The van der Waals surface area contributed by atoms with Gasteiger partial charge in [-0.1, -0.05) is 42.5 Å². The molecule has 0 aliphatic heterocycles. The molecule has 0 amide bonds. The third-order valence-electron chi connectivity index (χ3n) is 3.12. The second kappa shape index (κ2) is 6.93. The van der Waals surface area contributed by atoms with Crippen LogP contribution in [0.1, 0.15) is 17.0 Å². The Morgan fingerprint density at radius 2 is 1.80 bits per heavy atom. The van der Waals surface area contributed by atoms with Gasteiger partial charge in [0.1, 0.15) is 5.92 Å². The van der Waals surface area contributed by atoms with Crippen LogP contribution in [0.2, 0.25) is 0 Å². The Balaban J connectivity index is 2.12. The molecule has 0 radical (unpaired) electrons. The third kappa shape index (κ3) is 3.49. The van der Waals surface area contributed by atoms with Crippen LogP contribution < -0.4 is 0 Å². The van der Waals surface area contributed by atoms with Crippen molar-refractivity contribution < 1.29 is 4.79 Å². The van der Waals surface area contributed by atoms with Gasteiger partial charge in [0.05, 0.1) is 6.07 Å². The van der Waals surface area contributed by atoms with Gasteiger partial charge in [-0.3, -0.25) is 4.79 Å². The van der Waals surface area contributed by atoms with Crippen LogP contribution in [0.5, 0.6) is 0 Å². The van der Waals surface area contributed by atoms with Crippen LogP contribution in [-0.4, -0.2) is 12.0 Å². The standard InChI is InChI=1S/C17H15NOS/c1-20-15-9-7-13(8-10-15)11-17(19)16(12-18)14-5-3-2-4-6-14/h2-10,16H,11H2,1H3. The summed E-state index contributed by atoms with van der Waals surface area (Å²) in [7, 11) is 0. The molecule has 20 heavy (non-hydrogen) atoms. The number of ketones is 1. The first kappa shape index (κ1) is 14.4. The zero-order valence-corrected chi connectivity index (χ0v) is 12.1. The van der Waals surface area contributed by atoms with Gasteiger partial charge in [-0.05, 0) is 29.5 Å². The van der Waals surface area contributed by atoms with Crippen LogP contribution in [0.15, 0.2) is 59.5 Å². The van der Waals surface area contributed by atoms with Crippen LogP contribution in [0.4, 0.5) is 0 Å². The topological polar surface area (TPSA) is 40.9 Å². The van der Waals surface area contributed by atoms with E-state index in [1.165, 1.54) is 4.90 Å². The Bertz CT molecular complexity index is 614. The number of hydrogen-bond donors (Lipinski definition) is 0. The number of thioether (sulfide) groups is 1. The Kier molecular flexibility index (Phi) is 4.97. The van der Waals surface area contributed by atoms with E-state index in [2.05, 4.69) is 6.07 Å². The molecule has 0 saturated carbocycles. The molecular formula is C17H15NOS. The summed E-state index contributed by atoms with van der Waals surface area (Å²) in [6.45, 7) is 0. The number of nitriles is 1. The summed E-state index contributed by atoms with van der Waals surface area (Å²) in [5.74, 6) is -0.743. The third-order valence-corrected chi connectivity index (χ3v) is 3.86. The van der Waals surface area contributed by atoms with E-state index in [0.29, 0.717) is 6.42 Å². The van der Waals surface area contributed by atoms with Gasteiger partial charge in [-0.25, -0.2) is 0 Å². The predicted octanol–water partition coefficient (Wildman–Crippen LogP) is 3.83. The summed E-state index contributed by atoms with van der Waals surface area (Å²) in [6, 6.07) is 19.2. The number of Topliss-reactive ketones (excluding diaryl/α,β-unsaturated/α-hetero) is 1. The summed E-state index contributed by atoms with van der Waals surface area (Å²) in [5, 5.41) is 9.24. The molecule has 0 N–H and O–H groups in total. The molecular weight excluding hydrogens is 266 g/mol. The molecule has 0 fully saturated rings. The maximum atomic E-state index is 12.3. The van der Waals surface area contributed by atoms with Crippen molar-refractivity contribution in [3.05, 3.63) is 65.7 Å². The highest BCUT2D eigenvalue weighted by Gasteiger charge is 2.19. The number of carbonyl (C=O) groups excluding carboxylic acids is 1. The fourth-order valence-electron chi connectivity index (χ4n) is 2.02. The van der Waals surface area contributed by atoms with Gasteiger partial charge in [0.25, 0.3) is 0 Å². The van der Waals surface area contributed by atoms with Crippen LogP contribution in [0.25, 0.3) is 0 Å². The number of nitrogens with zero attached hydrogens (tertiary/aromatic N) is 1. The van der Waals surface area contributed by atoms with E-state index in [0.717, 1.165) is 11.1 Å². The van der Waals surface area contributed by atoms with E-state index in [1.807, 2.05) is 60.9 Å². The van der Waals surface area contributed by atoms with Gasteiger partial charge in [0.2, 0.25) is 0 Å². The summed E-state index contributed by atoms with van der Waals surface area (Å²) >= 11 is 1.67. The highest BCUT2D eigenvalue weighted by Crippen LogP contribution is 2.20. The zero-order valence-electron chi connectivity index (χ0n) is 11.2. The maximum Gasteiger partial charge on any atom is 0.158 e. The zero-order chi connectivity index (χ0) is 14.4. The van der Waals surface area contributed by atoms with Crippen LogP contribution >= 0.6 is 11.8 Å². The van der Waals surface area contributed by atoms with Crippen LogP contribution in [0, 0.1) is 11.3 Å². The summed E-state index contributed by atoms with van der Waals surface area (Å²) in [4.78, 5) is 13.4. The molecule has 2 rings (SSSR count). The lowest BCUT2D eigenvalue weighted by atomic mass is 9.92. The summed E-state index contributed by atoms with van der Waals surface area (Å²) < 4.78 is 0. The fourth-order valence-corrected chi connectivity index (χ4v) is 2.43. The second-order valence-electron chi connectivity index (χ2n) is 4.46. The maximum absolute atomic E-state index is 12.3. The molecule has 0 bridgehead atoms. The average molecular weight is 281 g/mol. The highest BCUT2D eigenvalue weighted by molar-refractivity contribution is 7.98. The number of carbonyl (C=O) groups is 1. The molecule has 2 aromatic rings.